The van der Waals surface area contributed by atoms with Crippen LogP contribution in [0, 0.1) is 0 Å². The normalized spacial score (nSPS) is 19.1. The molecular formula is C16H28OSi. The fraction of sp³-hybridized carbons (Fsp3) is 0.625. The fourth-order valence-corrected chi connectivity index (χ4v) is 4.41. The maximum Gasteiger partial charge on any atom is 0.188 e. The van der Waals surface area contributed by atoms with Gasteiger partial charge in [-0.3, -0.25) is 0 Å². The third-order valence-electron chi connectivity index (χ3n) is 3.37. The van der Waals surface area contributed by atoms with Crippen molar-refractivity contribution in [2.24, 2.45) is 0 Å². The molecule has 0 saturated carbocycles. The highest BCUT2D eigenvalue weighted by Gasteiger charge is 2.25. The van der Waals surface area contributed by atoms with Crippen LogP contribution in [0.5, 0.6) is 0 Å². The molecule has 102 valence electrons. The van der Waals surface area contributed by atoms with Crippen LogP contribution in [0.15, 0.2) is 36.5 Å². The van der Waals surface area contributed by atoms with Crippen molar-refractivity contribution in [3.05, 3.63) is 36.5 Å². The Morgan fingerprint density at radius 1 is 1.28 bits per heavy atom. The number of hydrogen-bond acceptors (Lipinski definition) is 1. The standard InChI is InChI=1S/C16H28OSi/c1-5-6-7-8-9-10-13-18(3,4)17-16-12-11-15(2)14-16/h5,11-12,14,16H,1,6-10,13H2,2-4H3. The maximum absolute atomic E-state index is 6.26. The van der Waals surface area contributed by atoms with E-state index >= 15 is 0 Å². The van der Waals surface area contributed by atoms with Crippen LogP contribution in [0.2, 0.25) is 19.1 Å². The Balaban J connectivity index is 2.15. The van der Waals surface area contributed by atoms with Gasteiger partial charge < -0.3 is 4.43 Å². The first kappa shape index (κ1) is 15.5. The molecular weight excluding hydrogens is 236 g/mol. The van der Waals surface area contributed by atoms with Crippen LogP contribution >= 0.6 is 0 Å². The van der Waals surface area contributed by atoms with E-state index in [-0.39, 0.29) is 6.10 Å². The van der Waals surface area contributed by atoms with Crippen LogP contribution in [0.1, 0.15) is 39.0 Å². The third kappa shape index (κ3) is 6.36. The van der Waals surface area contributed by atoms with Gasteiger partial charge in [0.1, 0.15) is 0 Å². The Morgan fingerprint density at radius 2 is 2.00 bits per heavy atom. The van der Waals surface area contributed by atoms with Gasteiger partial charge >= 0.3 is 0 Å². The molecule has 0 N–H and O–H groups in total. The quantitative estimate of drug-likeness (QED) is 0.315. The van der Waals surface area contributed by atoms with Crippen LogP contribution in [-0.2, 0) is 4.43 Å². The van der Waals surface area contributed by atoms with Gasteiger partial charge in [-0.05, 0) is 38.9 Å². The summed E-state index contributed by atoms with van der Waals surface area (Å²) in [5.41, 5.74) is 1.33. The minimum Gasteiger partial charge on any atom is -0.408 e. The molecule has 1 rings (SSSR count). The van der Waals surface area contributed by atoms with Crippen molar-refractivity contribution < 1.29 is 4.43 Å². The first-order valence-corrected chi connectivity index (χ1v) is 10.3. The van der Waals surface area contributed by atoms with Crippen LogP contribution in [0.4, 0.5) is 0 Å². The molecule has 0 saturated heterocycles. The van der Waals surface area contributed by atoms with Crippen LogP contribution in [0.25, 0.3) is 0 Å². The molecule has 0 bridgehead atoms. The van der Waals surface area contributed by atoms with E-state index in [1.807, 2.05) is 6.08 Å². The van der Waals surface area contributed by atoms with E-state index < -0.39 is 8.32 Å². The van der Waals surface area contributed by atoms with E-state index in [9.17, 15) is 0 Å². The van der Waals surface area contributed by atoms with E-state index in [1.165, 1.54) is 37.3 Å². The molecule has 0 amide bonds. The third-order valence-corrected chi connectivity index (χ3v) is 5.84. The predicted molar refractivity (Wildman–Crippen MR) is 83.3 cm³/mol. The lowest BCUT2D eigenvalue weighted by Gasteiger charge is -2.25. The molecule has 1 nitrogen and oxygen atoms in total. The largest absolute Gasteiger partial charge is 0.408 e. The van der Waals surface area contributed by atoms with Crippen molar-refractivity contribution in [3.8, 4) is 0 Å². The second-order valence-electron chi connectivity index (χ2n) is 5.85. The lowest BCUT2D eigenvalue weighted by Crippen LogP contribution is -2.33. The monoisotopic (exact) mass is 264 g/mol. The van der Waals surface area contributed by atoms with Crippen molar-refractivity contribution in [1.29, 1.82) is 0 Å². The predicted octanol–water partition coefficient (Wildman–Crippen LogP) is 5.23. The van der Waals surface area contributed by atoms with Gasteiger partial charge in [0.15, 0.2) is 8.32 Å². The second kappa shape index (κ2) is 7.75. The van der Waals surface area contributed by atoms with Crippen molar-refractivity contribution in [3.63, 3.8) is 0 Å². The number of hydrogen-bond donors (Lipinski definition) is 0. The SMILES string of the molecule is C=CCCCCCC[Si](C)(C)OC1C=CC(C)=C1. The Kier molecular flexibility index (Phi) is 6.65. The van der Waals surface area contributed by atoms with Crippen LogP contribution in [-0.4, -0.2) is 14.4 Å². The van der Waals surface area contributed by atoms with Gasteiger partial charge in [-0.25, -0.2) is 0 Å². The van der Waals surface area contributed by atoms with E-state index in [0.29, 0.717) is 0 Å². The van der Waals surface area contributed by atoms with Crippen molar-refractivity contribution in [2.45, 2.75) is 64.3 Å². The number of unbranched alkanes of at least 4 members (excludes halogenated alkanes) is 4. The highest BCUT2D eigenvalue weighted by atomic mass is 28.4. The summed E-state index contributed by atoms with van der Waals surface area (Å²) in [5.74, 6) is 0. The molecule has 1 atom stereocenters. The first-order valence-electron chi connectivity index (χ1n) is 7.19. The summed E-state index contributed by atoms with van der Waals surface area (Å²) in [6, 6.07) is 1.28. The van der Waals surface area contributed by atoms with Crippen molar-refractivity contribution in [1.82, 2.24) is 0 Å². The molecule has 0 aliphatic heterocycles. The molecule has 1 unspecified atom stereocenters. The minimum absolute atomic E-state index is 0.243. The average molecular weight is 264 g/mol. The Hall–Kier alpha value is -0.603. The average Bonchev–Trinajstić information content (AvgIpc) is 2.68. The molecule has 0 fully saturated rings. The Bertz CT molecular complexity index is 315. The van der Waals surface area contributed by atoms with E-state index in [2.05, 4.69) is 44.8 Å². The molecule has 1 aliphatic rings. The zero-order valence-corrected chi connectivity index (χ0v) is 13.2. The molecule has 1 aliphatic carbocycles. The van der Waals surface area contributed by atoms with Crippen LogP contribution in [0.3, 0.4) is 0 Å². The zero-order valence-electron chi connectivity index (χ0n) is 12.2. The smallest absolute Gasteiger partial charge is 0.188 e. The first-order chi connectivity index (χ1) is 8.53. The minimum atomic E-state index is -1.48. The van der Waals surface area contributed by atoms with Gasteiger partial charge in [0.25, 0.3) is 0 Å². The summed E-state index contributed by atoms with van der Waals surface area (Å²) in [7, 11) is -1.48. The van der Waals surface area contributed by atoms with Gasteiger partial charge in [0, 0.05) is 0 Å². The maximum atomic E-state index is 6.26. The van der Waals surface area contributed by atoms with Gasteiger partial charge in [-0.15, -0.1) is 6.58 Å². The topological polar surface area (TPSA) is 9.23 Å². The second-order valence-corrected chi connectivity index (χ2v) is 10.1. The summed E-state index contributed by atoms with van der Waals surface area (Å²) >= 11 is 0. The van der Waals surface area contributed by atoms with E-state index in [1.54, 1.807) is 0 Å². The molecule has 0 heterocycles. The molecule has 0 aromatic heterocycles. The molecule has 0 aromatic rings. The molecule has 2 heteroatoms. The van der Waals surface area contributed by atoms with Gasteiger partial charge in [0.2, 0.25) is 0 Å². The molecule has 0 aromatic carbocycles. The molecule has 0 radical (unpaired) electrons. The fourth-order valence-electron chi connectivity index (χ4n) is 2.31. The summed E-state index contributed by atoms with van der Waals surface area (Å²) in [6.45, 7) is 10.6. The van der Waals surface area contributed by atoms with Crippen molar-refractivity contribution in [2.75, 3.05) is 0 Å². The van der Waals surface area contributed by atoms with E-state index in [4.69, 9.17) is 4.43 Å². The lowest BCUT2D eigenvalue weighted by atomic mass is 10.1. The summed E-state index contributed by atoms with van der Waals surface area (Å²) in [5, 5.41) is 0. The number of rotatable bonds is 9. The Morgan fingerprint density at radius 3 is 2.61 bits per heavy atom. The van der Waals surface area contributed by atoms with Crippen molar-refractivity contribution >= 4 is 8.32 Å². The zero-order chi connectivity index (χ0) is 13.4. The highest BCUT2D eigenvalue weighted by Crippen LogP contribution is 2.22. The van der Waals surface area contributed by atoms with Gasteiger partial charge in [-0.1, -0.05) is 49.1 Å². The van der Waals surface area contributed by atoms with E-state index in [0.717, 1.165) is 6.42 Å². The van der Waals surface area contributed by atoms with Gasteiger partial charge in [-0.2, -0.15) is 0 Å². The van der Waals surface area contributed by atoms with Gasteiger partial charge in [0.05, 0.1) is 6.10 Å². The number of allylic oxidation sites excluding steroid dienone is 3. The Labute approximate surface area is 114 Å². The summed E-state index contributed by atoms with van der Waals surface area (Å²) in [6.07, 6.45) is 15.2. The van der Waals surface area contributed by atoms with Crippen LogP contribution < -0.4 is 0 Å². The molecule has 0 spiro atoms. The lowest BCUT2D eigenvalue weighted by molar-refractivity contribution is 0.286. The highest BCUT2D eigenvalue weighted by molar-refractivity contribution is 6.71. The summed E-state index contributed by atoms with van der Waals surface area (Å²) < 4.78 is 6.26. The molecule has 18 heavy (non-hydrogen) atoms. The summed E-state index contributed by atoms with van der Waals surface area (Å²) in [4.78, 5) is 0.